The Hall–Kier alpha value is -0.100. The highest BCUT2D eigenvalue weighted by Crippen LogP contribution is 2.33. The predicted octanol–water partition coefficient (Wildman–Crippen LogP) is 2.96. The van der Waals surface area contributed by atoms with E-state index in [0.29, 0.717) is 15.0 Å². The molecule has 0 heterocycles. The van der Waals surface area contributed by atoms with E-state index in [9.17, 15) is 5.11 Å². The molecule has 0 aliphatic rings. The van der Waals surface area contributed by atoms with Crippen LogP contribution in [0.15, 0.2) is 21.1 Å². The van der Waals surface area contributed by atoms with Crippen molar-refractivity contribution in [3.63, 3.8) is 0 Å². The number of aromatic hydroxyl groups is 1. The van der Waals surface area contributed by atoms with Gasteiger partial charge < -0.3 is 15.3 Å². The number of hydrogen-bond donors (Lipinski definition) is 2. The molecule has 1 atom stereocenters. The second kappa shape index (κ2) is 6.73. The minimum Gasteiger partial charge on any atom is -0.506 e. The Morgan fingerprint density at radius 2 is 1.82 bits per heavy atom. The van der Waals surface area contributed by atoms with E-state index in [0.717, 1.165) is 18.7 Å². The van der Waals surface area contributed by atoms with E-state index < -0.39 is 0 Å². The molecule has 1 rings (SSSR count). The third-order valence-corrected chi connectivity index (χ3v) is 3.94. The van der Waals surface area contributed by atoms with E-state index in [1.807, 2.05) is 12.1 Å². The molecule has 1 unspecified atom stereocenters. The van der Waals surface area contributed by atoms with Gasteiger partial charge in [-0.25, -0.2) is 0 Å². The third-order valence-electron chi connectivity index (χ3n) is 2.73. The molecule has 0 saturated carbocycles. The summed E-state index contributed by atoms with van der Waals surface area (Å²) in [4.78, 5) is 2.18. The van der Waals surface area contributed by atoms with Crippen molar-refractivity contribution in [2.45, 2.75) is 19.5 Å². The van der Waals surface area contributed by atoms with Crippen LogP contribution in [-0.2, 0) is 6.54 Å². The van der Waals surface area contributed by atoms with Gasteiger partial charge in [0, 0.05) is 19.1 Å². The topological polar surface area (TPSA) is 35.5 Å². The number of rotatable bonds is 5. The maximum atomic E-state index is 9.60. The summed E-state index contributed by atoms with van der Waals surface area (Å²) >= 11 is 6.65. The highest BCUT2D eigenvalue weighted by atomic mass is 79.9. The lowest BCUT2D eigenvalue weighted by atomic mass is 10.2. The minimum absolute atomic E-state index is 0.246. The normalized spacial score (nSPS) is 13.1. The largest absolute Gasteiger partial charge is 0.506 e. The fourth-order valence-corrected chi connectivity index (χ4v) is 2.61. The first kappa shape index (κ1) is 15.0. The van der Waals surface area contributed by atoms with Gasteiger partial charge in [-0.2, -0.15) is 0 Å². The molecule has 1 aromatic rings. The molecular formula is C12H18Br2N2O. The van der Waals surface area contributed by atoms with Crippen LogP contribution in [0.3, 0.4) is 0 Å². The van der Waals surface area contributed by atoms with Crippen molar-refractivity contribution in [3.8, 4) is 5.75 Å². The van der Waals surface area contributed by atoms with Gasteiger partial charge >= 0.3 is 0 Å². The van der Waals surface area contributed by atoms with Crippen molar-refractivity contribution in [3.05, 3.63) is 26.6 Å². The van der Waals surface area contributed by atoms with Crippen LogP contribution in [0.1, 0.15) is 12.5 Å². The third kappa shape index (κ3) is 4.58. The summed E-state index contributed by atoms with van der Waals surface area (Å²) in [5.74, 6) is 0.246. The number of nitrogens with one attached hydrogen (secondary N) is 1. The summed E-state index contributed by atoms with van der Waals surface area (Å²) in [6.45, 7) is 3.90. The van der Waals surface area contributed by atoms with E-state index in [4.69, 9.17) is 0 Å². The fraction of sp³-hybridized carbons (Fsp3) is 0.500. The Morgan fingerprint density at radius 3 is 2.29 bits per heavy atom. The van der Waals surface area contributed by atoms with Crippen LogP contribution in [0.4, 0.5) is 0 Å². The van der Waals surface area contributed by atoms with Crippen LogP contribution >= 0.6 is 31.9 Å². The Labute approximate surface area is 119 Å². The van der Waals surface area contributed by atoms with E-state index in [-0.39, 0.29) is 5.75 Å². The Kier molecular flexibility index (Phi) is 5.92. The molecule has 17 heavy (non-hydrogen) atoms. The Balaban J connectivity index is 2.53. The number of likely N-dealkylation sites (N-methyl/N-ethyl adjacent to an activating group) is 1. The lowest BCUT2D eigenvalue weighted by Gasteiger charge is -2.20. The molecule has 1 aromatic carbocycles. The highest BCUT2D eigenvalue weighted by Gasteiger charge is 2.07. The van der Waals surface area contributed by atoms with Gasteiger partial charge in [-0.15, -0.1) is 0 Å². The average molecular weight is 366 g/mol. The lowest BCUT2D eigenvalue weighted by Crippen LogP contribution is -2.35. The molecule has 0 aromatic heterocycles. The van der Waals surface area contributed by atoms with Gasteiger partial charge in [0.25, 0.3) is 0 Å². The number of nitrogens with zero attached hydrogens (tertiary/aromatic N) is 1. The first-order chi connectivity index (χ1) is 7.91. The van der Waals surface area contributed by atoms with Gasteiger partial charge in [-0.3, -0.25) is 0 Å². The number of phenolic OH excluding ortho intramolecular Hbond substituents is 1. The first-order valence-electron chi connectivity index (χ1n) is 5.46. The van der Waals surface area contributed by atoms with E-state index in [1.165, 1.54) is 0 Å². The monoisotopic (exact) mass is 364 g/mol. The van der Waals surface area contributed by atoms with Crippen LogP contribution in [0.2, 0.25) is 0 Å². The number of benzene rings is 1. The van der Waals surface area contributed by atoms with Gasteiger partial charge in [0.15, 0.2) is 0 Å². The lowest BCUT2D eigenvalue weighted by molar-refractivity contribution is 0.302. The van der Waals surface area contributed by atoms with Crippen LogP contribution in [0, 0.1) is 0 Å². The van der Waals surface area contributed by atoms with Crippen LogP contribution in [0.25, 0.3) is 0 Å². The molecule has 3 nitrogen and oxygen atoms in total. The second-order valence-corrected chi connectivity index (χ2v) is 6.06. The van der Waals surface area contributed by atoms with E-state index in [1.54, 1.807) is 0 Å². The first-order valence-corrected chi connectivity index (χ1v) is 7.04. The molecule has 0 spiro atoms. The number of hydrogen-bond acceptors (Lipinski definition) is 3. The average Bonchev–Trinajstić information content (AvgIpc) is 2.25. The standard InChI is InChI=1S/C12H18Br2N2O/c1-8(16(2)3)6-15-7-9-4-10(13)12(17)11(14)5-9/h4-5,8,15,17H,6-7H2,1-3H3. The molecular weight excluding hydrogens is 348 g/mol. The summed E-state index contributed by atoms with van der Waals surface area (Å²) < 4.78 is 1.42. The van der Waals surface area contributed by atoms with Gasteiger partial charge in [-0.05, 0) is 70.6 Å². The molecule has 0 saturated heterocycles. The summed E-state index contributed by atoms with van der Waals surface area (Å²) in [7, 11) is 4.14. The predicted molar refractivity (Wildman–Crippen MR) is 78.4 cm³/mol. The van der Waals surface area contributed by atoms with Crippen LogP contribution < -0.4 is 5.32 Å². The highest BCUT2D eigenvalue weighted by molar-refractivity contribution is 9.11. The second-order valence-electron chi connectivity index (χ2n) is 4.35. The molecule has 2 N–H and O–H groups in total. The molecule has 0 radical (unpaired) electrons. The van der Waals surface area contributed by atoms with Crippen molar-refractivity contribution in [2.75, 3.05) is 20.6 Å². The fourth-order valence-electron chi connectivity index (χ4n) is 1.33. The van der Waals surface area contributed by atoms with Crippen molar-refractivity contribution in [2.24, 2.45) is 0 Å². The summed E-state index contributed by atoms with van der Waals surface area (Å²) in [6, 6.07) is 4.35. The van der Waals surface area contributed by atoms with Crippen LogP contribution in [0.5, 0.6) is 5.75 Å². The minimum atomic E-state index is 0.246. The maximum absolute atomic E-state index is 9.60. The maximum Gasteiger partial charge on any atom is 0.143 e. The summed E-state index contributed by atoms with van der Waals surface area (Å²) in [5, 5.41) is 13.0. The van der Waals surface area contributed by atoms with Crippen molar-refractivity contribution in [1.29, 1.82) is 0 Å². The smallest absolute Gasteiger partial charge is 0.143 e. The molecule has 0 amide bonds. The van der Waals surface area contributed by atoms with Gasteiger partial charge in [0.1, 0.15) is 5.75 Å². The van der Waals surface area contributed by atoms with Crippen LogP contribution in [-0.4, -0.2) is 36.7 Å². The molecule has 0 fully saturated rings. The zero-order valence-corrected chi connectivity index (χ0v) is 13.5. The molecule has 0 aliphatic heterocycles. The zero-order valence-electron chi connectivity index (χ0n) is 10.3. The van der Waals surface area contributed by atoms with E-state index in [2.05, 4.69) is 63.1 Å². The zero-order chi connectivity index (χ0) is 13.0. The summed E-state index contributed by atoms with van der Waals surface area (Å²) in [6.07, 6.45) is 0. The number of halogens is 2. The van der Waals surface area contributed by atoms with E-state index >= 15 is 0 Å². The quantitative estimate of drug-likeness (QED) is 0.841. The van der Waals surface area contributed by atoms with Crippen molar-refractivity contribution < 1.29 is 5.11 Å². The molecule has 96 valence electrons. The Bertz CT molecular complexity index is 360. The van der Waals surface area contributed by atoms with Gasteiger partial charge in [0.05, 0.1) is 8.95 Å². The van der Waals surface area contributed by atoms with Gasteiger partial charge in [0.2, 0.25) is 0 Å². The van der Waals surface area contributed by atoms with Gasteiger partial charge in [-0.1, -0.05) is 0 Å². The van der Waals surface area contributed by atoms with Crippen molar-refractivity contribution in [1.82, 2.24) is 10.2 Å². The molecule has 0 aliphatic carbocycles. The SMILES string of the molecule is CC(CNCc1cc(Br)c(O)c(Br)c1)N(C)C. The summed E-state index contributed by atoms with van der Waals surface area (Å²) in [5.41, 5.74) is 1.13. The molecule has 5 heteroatoms. The van der Waals surface area contributed by atoms with Crippen molar-refractivity contribution >= 4 is 31.9 Å². The molecule has 0 bridgehead atoms. The Morgan fingerprint density at radius 1 is 1.29 bits per heavy atom. The number of phenols is 1.